The number of hydrogen-bond acceptors (Lipinski definition) is 7. The van der Waals surface area contributed by atoms with Gasteiger partial charge in [0.2, 0.25) is 0 Å². The molecule has 3 N–H and O–H groups in total. The molecule has 0 spiro atoms. The lowest BCUT2D eigenvalue weighted by atomic mass is 10.1. The van der Waals surface area contributed by atoms with Crippen molar-refractivity contribution in [2.75, 3.05) is 5.32 Å². The van der Waals surface area contributed by atoms with Gasteiger partial charge in [-0.1, -0.05) is 55.3 Å². The van der Waals surface area contributed by atoms with Gasteiger partial charge in [0.1, 0.15) is 24.6 Å². The molecule has 8 heteroatoms. The number of hydrogen-bond donors (Lipinski definition) is 3. The third-order valence-electron chi connectivity index (χ3n) is 5.88. The maximum Gasteiger partial charge on any atom is 0.167 e. The Hall–Kier alpha value is -2.81. The first-order valence-corrected chi connectivity index (χ1v) is 10.4. The molecule has 5 rings (SSSR count). The summed E-state index contributed by atoms with van der Waals surface area (Å²) in [4.78, 5) is 13.2. The molecule has 2 fully saturated rings. The van der Waals surface area contributed by atoms with Crippen LogP contribution >= 0.6 is 0 Å². The maximum absolute atomic E-state index is 10.6. The van der Waals surface area contributed by atoms with E-state index in [0.29, 0.717) is 23.0 Å². The molecule has 0 amide bonds. The van der Waals surface area contributed by atoms with Gasteiger partial charge in [-0.15, -0.1) is 0 Å². The minimum Gasteiger partial charge on any atom is -0.387 e. The molecule has 0 bridgehead atoms. The maximum atomic E-state index is 10.6. The third kappa shape index (κ3) is 3.58. The molecule has 1 saturated heterocycles. The number of imidazole rings is 1. The highest BCUT2D eigenvalue weighted by Crippen LogP contribution is 2.33. The van der Waals surface area contributed by atoms with Crippen molar-refractivity contribution in [2.24, 2.45) is 0 Å². The number of nitrogens with one attached hydrogen (secondary N) is 1. The fourth-order valence-electron chi connectivity index (χ4n) is 4.25. The fourth-order valence-corrected chi connectivity index (χ4v) is 4.25. The predicted molar refractivity (Wildman–Crippen MR) is 113 cm³/mol. The number of anilines is 1. The largest absolute Gasteiger partial charge is 0.387 e. The van der Waals surface area contributed by atoms with Crippen LogP contribution in [0.1, 0.15) is 37.5 Å². The molecule has 30 heavy (non-hydrogen) atoms. The second-order valence-corrected chi connectivity index (χ2v) is 7.91. The minimum absolute atomic E-state index is 0.399. The summed E-state index contributed by atoms with van der Waals surface area (Å²) in [5.41, 5.74) is 2.20. The van der Waals surface area contributed by atoms with Crippen LogP contribution in [0.4, 0.5) is 5.82 Å². The first kappa shape index (κ1) is 19.2. The van der Waals surface area contributed by atoms with E-state index in [0.717, 1.165) is 18.4 Å². The molecular formula is C22H25N5O3. The zero-order valence-electron chi connectivity index (χ0n) is 16.5. The van der Waals surface area contributed by atoms with E-state index in [1.807, 2.05) is 36.4 Å². The monoisotopic (exact) mass is 407 g/mol. The van der Waals surface area contributed by atoms with Crippen LogP contribution in [0.25, 0.3) is 17.2 Å². The molecule has 1 aliphatic heterocycles. The van der Waals surface area contributed by atoms with Crippen molar-refractivity contribution < 1.29 is 14.9 Å². The Morgan fingerprint density at radius 1 is 1.03 bits per heavy atom. The first-order chi connectivity index (χ1) is 14.7. The number of fused-ring (bicyclic) bond motifs is 1. The number of ether oxygens (including phenoxy) is 1. The van der Waals surface area contributed by atoms with Crippen LogP contribution < -0.4 is 5.32 Å². The van der Waals surface area contributed by atoms with Crippen LogP contribution in [0.2, 0.25) is 0 Å². The van der Waals surface area contributed by atoms with Crippen molar-refractivity contribution in [2.45, 2.75) is 56.3 Å². The number of aliphatic hydroxyl groups is 2. The number of aliphatic hydroxyl groups excluding tert-OH is 2. The number of rotatable bonds is 5. The summed E-state index contributed by atoms with van der Waals surface area (Å²) in [6.45, 7) is 0. The molecule has 0 unspecified atom stereocenters. The quantitative estimate of drug-likeness (QED) is 0.597. The van der Waals surface area contributed by atoms with Gasteiger partial charge in [-0.05, 0) is 18.4 Å². The highest BCUT2D eigenvalue weighted by atomic mass is 16.6. The minimum atomic E-state index is -1.10. The van der Waals surface area contributed by atoms with Crippen molar-refractivity contribution in [1.29, 1.82) is 0 Å². The van der Waals surface area contributed by atoms with E-state index < -0.39 is 24.5 Å². The molecule has 1 aromatic carbocycles. The summed E-state index contributed by atoms with van der Waals surface area (Å²) in [5.74, 6) is 0.694. The van der Waals surface area contributed by atoms with Crippen LogP contribution in [0.3, 0.4) is 0 Å². The fraction of sp³-hybridized carbons (Fsp3) is 0.409. The second kappa shape index (κ2) is 8.14. The Morgan fingerprint density at radius 3 is 2.63 bits per heavy atom. The van der Waals surface area contributed by atoms with E-state index in [1.165, 1.54) is 19.2 Å². The predicted octanol–water partition coefficient (Wildman–Crippen LogP) is 2.51. The molecule has 3 aromatic rings. The molecule has 0 radical (unpaired) electrons. The molecule has 2 aliphatic rings. The van der Waals surface area contributed by atoms with Crippen molar-refractivity contribution in [1.82, 2.24) is 19.5 Å². The lowest BCUT2D eigenvalue weighted by Crippen LogP contribution is -2.30. The summed E-state index contributed by atoms with van der Waals surface area (Å²) < 4.78 is 7.66. The van der Waals surface area contributed by atoms with Gasteiger partial charge in [0.25, 0.3) is 0 Å². The zero-order valence-corrected chi connectivity index (χ0v) is 16.5. The lowest BCUT2D eigenvalue weighted by Gasteiger charge is -2.17. The normalized spacial score (nSPS) is 27.4. The summed E-state index contributed by atoms with van der Waals surface area (Å²) in [6.07, 6.45) is 7.83. The van der Waals surface area contributed by atoms with Gasteiger partial charge in [-0.25, -0.2) is 15.0 Å². The lowest BCUT2D eigenvalue weighted by molar-refractivity contribution is -0.0243. The highest BCUT2D eigenvalue weighted by Gasteiger charge is 2.43. The molecule has 8 nitrogen and oxygen atoms in total. The van der Waals surface area contributed by atoms with Crippen LogP contribution in [0.5, 0.6) is 0 Å². The van der Waals surface area contributed by atoms with Gasteiger partial charge in [-0.2, -0.15) is 0 Å². The van der Waals surface area contributed by atoms with E-state index in [9.17, 15) is 10.2 Å². The van der Waals surface area contributed by atoms with Gasteiger partial charge in [-0.3, -0.25) is 4.57 Å². The summed E-state index contributed by atoms with van der Waals surface area (Å²) in [7, 11) is 0. The Kier molecular flexibility index (Phi) is 5.20. The molecule has 4 atom stereocenters. The van der Waals surface area contributed by atoms with E-state index in [4.69, 9.17) is 4.74 Å². The standard InChI is InChI=1S/C22H25N5O3/c28-18-16(11-10-14-6-2-1-3-7-14)30-22(19(18)29)27-13-25-17-20(23-12-24-21(17)27)26-15-8-4-5-9-15/h1-3,6-7,10-13,15-16,18-19,22,28-29H,4-5,8-9H2,(H,23,24,26)/t16-,18-,19-,22-/m1/s1. The molecule has 3 heterocycles. The van der Waals surface area contributed by atoms with Gasteiger partial charge >= 0.3 is 0 Å². The van der Waals surface area contributed by atoms with E-state index in [1.54, 1.807) is 17.0 Å². The Morgan fingerprint density at radius 2 is 1.83 bits per heavy atom. The van der Waals surface area contributed by atoms with Crippen molar-refractivity contribution in [3.8, 4) is 0 Å². The smallest absolute Gasteiger partial charge is 0.167 e. The number of nitrogens with zero attached hydrogens (tertiary/aromatic N) is 4. The van der Waals surface area contributed by atoms with Gasteiger partial charge < -0.3 is 20.3 Å². The summed E-state index contributed by atoms with van der Waals surface area (Å²) >= 11 is 0. The van der Waals surface area contributed by atoms with Crippen LogP contribution in [0, 0.1) is 0 Å². The molecule has 1 aliphatic carbocycles. The van der Waals surface area contributed by atoms with Gasteiger partial charge in [0.15, 0.2) is 23.2 Å². The van der Waals surface area contributed by atoms with Crippen LogP contribution in [0.15, 0.2) is 49.1 Å². The molecular weight excluding hydrogens is 382 g/mol. The molecule has 1 saturated carbocycles. The zero-order chi connectivity index (χ0) is 20.5. The van der Waals surface area contributed by atoms with Crippen LogP contribution in [-0.2, 0) is 4.74 Å². The van der Waals surface area contributed by atoms with Gasteiger partial charge in [0.05, 0.1) is 6.33 Å². The third-order valence-corrected chi connectivity index (χ3v) is 5.88. The second-order valence-electron chi connectivity index (χ2n) is 7.91. The van der Waals surface area contributed by atoms with Crippen molar-refractivity contribution >= 4 is 23.1 Å². The Bertz CT molecular complexity index is 1030. The Labute approximate surface area is 174 Å². The molecule has 156 valence electrons. The summed E-state index contributed by atoms with van der Waals surface area (Å²) in [5, 5.41) is 24.6. The number of aromatic nitrogens is 4. The van der Waals surface area contributed by atoms with E-state index >= 15 is 0 Å². The van der Waals surface area contributed by atoms with Crippen molar-refractivity contribution in [3.63, 3.8) is 0 Å². The Balaban J connectivity index is 1.39. The van der Waals surface area contributed by atoms with E-state index in [-0.39, 0.29) is 0 Å². The van der Waals surface area contributed by atoms with Gasteiger partial charge in [0, 0.05) is 6.04 Å². The average Bonchev–Trinajstić information content (AvgIpc) is 3.49. The topological polar surface area (TPSA) is 105 Å². The van der Waals surface area contributed by atoms with E-state index in [2.05, 4.69) is 20.3 Å². The first-order valence-electron chi connectivity index (χ1n) is 10.4. The van der Waals surface area contributed by atoms with Crippen LogP contribution in [-0.4, -0.2) is 54.1 Å². The average molecular weight is 407 g/mol. The van der Waals surface area contributed by atoms with Crippen molar-refractivity contribution in [3.05, 3.63) is 54.6 Å². The highest BCUT2D eigenvalue weighted by molar-refractivity contribution is 5.82. The summed E-state index contributed by atoms with van der Waals surface area (Å²) in [6, 6.07) is 10.2. The SMILES string of the molecule is O[C@@H]1[C@H](O)[C@@H](C=Cc2ccccc2)O[C@H]1n1cnc2c(NC3CCCC3)ncnc21. The molecule has 2 aromatic heterocycles. The number of benzene rings is 1.